The Kier molecular flexibility index (Phi) is 7.69. The number of hydrogen-bond acceptors (Lipinski definition) is 6. The van der Waals surface area contributed by atoms with Crippen molar-refractivity contribution in [1.29, 1.82) is 0 Å². The highest BCUT2D eigenvalue weighted by atomic mass is 16.6. The summed E-state index contributed by atoms with van der Waals surface area (Å²) in [4.78, 5) is 26.6. The molecule has 0 spiro atoms. The van der Waals surface area contributed by atoms with Gasteiger partial charge in [-0.05, 0) is 44.0 Å². The van der Waals surface area contributed by atoms with Crippen LogP contribution in [0.25, 0.3) is 0 Å². The molecular weight excluding hydrogens is 410 g/mol. The first-order valence-corrected chi connectivity index (χ1v) is 10.8. The highest BCUT2D eigenvalue weighted by Gasteiger charge is 2.25. The third kappa shape index (κ3) is 7.23. The monoisotopic (exact) mass is 441 g/mol. The molecule has 0 unspecified atom stereocenters. The maximum atomic E-state index is 12.2. The summed E-state index contributed by atoms with van der Waals surface area (Å²) in [5.74, 6) is 0.623. The predicted molar refractivity (Wildman–Crippen MR) is 122 cm³/mol. The van der Waals surface area contributed by atoms with Gasteiger partial charge < -0.3 is 14.4 Å². The molecule has 0 N–H and O–H groups in total. The fourth-order valence-electron chi connectivity index (χ4n) is 3.44. The second kappa shape index (κ2) is 10.5. The smallest absolute Gasteiger partial charge is 0.410 e. The zero-order chi connectivity index (χ0) is 23.1. The number of carbonyl (C=O) groups is 1. The first-order chi connectivity index (χ1) is 15.2. The van der Waals surface area contributed by atoms with Gasteiger partial charge in [-0.1, -0.05) is 24.3 Å². The molecule has 1 amide bonds. The van der Waals surface area contributed by atoms with E-state index in [2.05, 4.69) is 29.2 Å². The number of ether oxygens (including phenoxy) is 2. The number of nitro benzene ring substituents is 1. The molecule has 8 nitrogen and oxygen atoms in total. The van der Waals surface area contributed by atoms with Crippen LogP contribution >= 0.6 is 0 Å². The predicted octanol–water partition coefficient (Wildman–Crippen LogP) is 4.27. The molecule has 8 heteroatoms. The summed E-state index contributed by atoms with van der Waals surface area (Å²) in [7, 11) is 0. The van der Waals surface area contributed by atoms with E-state index in [-0.39, 0.29) is 11.8 Å². The largest absolute Gasteiger partial charge is 0.493 e. The number of nitrogens with zero attached hydrogens (tertiary/aromatic N) is 3. The Morgan fingerprint density at radius 3 is 2.12 bits per heavy atom. The number of amides is 1. The first kappa shape index (κ1) is 23.5. The van der Waals surface area contributed by atoms with Crippen LogP contribution in [0.15, 0.2) is 48.5 Å². The summed E-state index contributed by atoms with van der Waals surface area (Å²) < 4.78 is 11.1. The van der Waals surface area contributed by atoms with Crippen molar-refractivity contribution < 1.29 is 19.2 Å². The third-order valence-corrected chi connectivity index (χ3v) is 5.16. The van der Waals surface area contributed by atoms with Crippen molar-refractivity contribution in [3.63, 3.8) is 0 Å². The van der Waals surface area contributed by atoms with Gasteiger partial charge in [-0.15, -0.1) is 0 Å². The molecule has 172 valence electrons. The SMILES string of the molecule is CC(C)(C)OC(=O)N1CCN(Cc2ccc(CCOc3ccc([N+](=O)[O-])cc3)cc2)CC1. The fourth-order valence-corrected chi connectivity index (χ4v) is 3.44. The van der Waals surface area contributed by atoms with Crippen molar-refractivity contribution in [3.05, 3.63) is 69.8 Å². The first-order valence-electron chi connectivity index (χ1n) is 10.8. The van der Waals surface area contributed by atoms with Crippen molar-refractivity contribution in [2.75, 3.05) is 32.8 Å². The Morgan fingerprint density at radius 1 is 0.969 bits per heavy atom. The molecule has 0 atom stereocenters. The molecule has 2 aromatic rings. The van der Waals surface area contributed by atoms with Gasteiger partial charge in [0.25, 0.3) is 5.69 Å². The average molecular weight is 442 g/mol. The van der Waals surface area contributed by atoms with Crippen molar-refractivity contribution in [3.8, 4) is 5.75 Å². The molecular formula is C24H31N3O5. The second-order valence-electron chi connectivity index (χ2n) is 8.91. The summed E-state index contributed by atoms with van der Waals surface area (Å²) in [5.41, 5.74) is 1.99. The van der Waals surface area contributed by atoms with Crippen LogP contribution in [-0.4, -0.2) is 59.2 Å². The lowest BCUT2D eigenvalue weighted by Crippen LogP contribution is -2.49. The molecule has 0 aromatic heterocycles. The Morgan fingerprint density at radius 2 is 1.56 bits per heavy atom. The minimum Gasteiger partial charge on any atom is -0.493 e. The van der Waals surface area contributed by atoms with Gasteiger partial charge in [0.15, 0.2) is 0 Å². The summed E-state index contributed by atoms with van der Waals surface area (Å²) >= 11 is 0. The molecule has 0 radical (unpaired) electrons. The third-order valence-electron chi connectivity index (χ3n) is 5.16. The molecule has 32 heavy (non-hydrogen) atoms. The Labute approximate surface area is 188 Å². The van der Waals surface area contributed by atoms with Crippen LogP contribution in [-0.2, 0) is 17.7 Å². The standard InChI is InChI=1S/C24H31N3O5/c1-24(2,3)32-23(28)26-15-13-25(14-16-26)18-20-6-4-19(5-7-20)12-17-31-22-10-8-21(9-11-22)27(29)30/h4-11H,12-18H2,1-3H3. The number of non-ortho nitro benzene ring substituents is 1. The summed E-state index contributed by atoms with van der Waals surface area (Å²) in [6.45, 7) is 9.99. The molecule has 0 aliphatic carbocycles. The zero-order valence-electron chi connectivity index (χ0n) is 19.0. The van der Waals surface area contributed by atoms with Gasteiger partial charge in [0.2, 0.25) is 0 Å². The van der Waals surface area contributed by atoms with E-state index in [1.54, 1.807) is 17.0 Å². The molecule has 2 aromatic carbocycles. The number of piperazine rings is 1. The molecule has 0 saturated carbocycles. The number of nitro groups is 1. The van der Waals surface area contributed by atoms with Crippen LogP contribution in [0.2, 0.25) is 0 Å². The lowest BCUT2D eigenvalue weighted by molar-refractivity contribution is -0.384. The quantitative estimate of drug-likeness (QED) is 0.471. The van der Waals surface area contributed by atoms with E-state index in [0.29, 0.717) is 25.4 Å². The average Bonchev–Trinajstić information content (AvgIpc) is 2.75. The van der Waals surface area contributed by atoms with Crippen LogP contribution < -0.4 is 4.74 Å². The van der Waals surface area contributed by atoms with Gasteiger partial charge >= 0.3 is 6.09 Å². The normalized spacial score (nSPS) is 14.8. The molecule has 1 heterocycles. The Balaban J connectivity index is 1.39. The lowest BCUT2D eigenvalue weighted by atomic mass is 10.1. The van der Waals surface area contributed by atoms with Gasteiger partial charge in [-0.2, -0.15) is 0 Å². The van der Waals surface area contributed by atoms with Crippen molar-refractivity contribution in [2.24, 2.45) is 0 Å². The van der Waals surface area contributed by atoms with Gasteiger partial charge in [0.05, 0.1) is 11.5 Å². The van der Waals surface area contributed by atoms with E-state index in [9.17, 15) is 14.9 Å². The number of carbonyl (C=O) groups excluding carboxylic acids is 1. The zero-order valence-corrected chi connectivity index (χ0v) is 19.0. The topological polar surface area (TPSA) is 85.2 Å². The molecule has 0 bridgehead atoms. The van der Waals surface area contributed by atoms with Crippen LogP contribution in [0, 0.1) is 10.1 Å². The van der Waals surface area contributed by atoms with Crippen LogP contribution in [0.5, 0.6) is 5.75 Å². The maximum absolute atomic E-state index is 12.2. The second-order valence-corrected chi connectivity index (χ2v) is 8.91. The highest BCUT2D eigenvalue weighted by Crippen LogP contribution is 2.18. The molecule has 3 rings (SSSR count). The summed E-state index contributed by atoms with van der Waals surface area (Å²) in [6, 6.07) is 14.6. The maximum Gasteiger partial charge on any atom is 0.410 e. The highest BCUT2D eigenvalue weighted by molar-refractivity contribution is 5.68. The molecule has 1 aliphatic rings. The van der Waals surface area contributed by atoms with Gasteiger partial charge in [-0.25, -0.2) is 4.79 Å². The fraction of sp³-hybridized carbons (Fsp3) is 0.458. The van der Waals surface area contributed by atoms with Crippen molar-refractivity contribution >= 4 is 11.8 Å². The van der Waals surface area contributed by atoms with Crippen molar-refractivity contribution in [2.45, 2.75) is 39.3 Å². The van der Waals surface area contributed by atoms with E-state index in [4.69, 9.17) is 9.47 Å². The Bertz CT molecular complexity index is 899. The van der Waals surface area contributed by atoms with Crippen LogP contribution in [0.1, 0.15) is 31.9 Å². The lowest BCUT2D eigenvalue weighted by Gasteiger charge is -2.35. The van der Waals surface area contributed by atoms with E-state index >= 15 is 0 Å². The van der Waals surface area contributed by atoms with E-state index < -0.39 is 10.5 Å². The van der Waals surface area contributed by atoms with Crippen molar-refractivity contribution in [1.82, 2.24) is 9.80 Å². The van der Waals surface area contributed by atoms with E-state index in [0.717, 1.165) is 26.1 Å². The summed E-state index contributed by atoms with van der Waals surface area (Å²) in [6.07, 6.45) is 0.517. The minimum atomic E-state index is -0.469. The van der Waals surface area contributed by atoms with E-state index in [1.807, 2.05) is 20.8 Å². The van der Waals surface area contributed by atoms with Gasteiger partial charge in [0.1, 0.15) is 11.4 Å². The van der Waals surface area contributed by atoms with Gasteiger partial charge in [0, 0.05) is 51.3 Å². The van der Waals surface area contributed by atoms with Gasteiger partial charge in [-0.3, -0.25) is 15.0 Å². The summed E-state index contributed by atoms with van der Waals surface area (Å²) in [5, 5.41) is 10.7. The van der Waals surface area contributed by atoms with E-state index in [1.165, 1.54) is 23.3 Å². The molecule has 1 fully saturated rings. The van der Waals surface area contributed by atoms with Crippen LogP contribution in [0.3, 0.4) is 0 Å². The molecule has 1 aliphatic heterocycles. The Hall–Kier alpha value is -3.13. The minimum absolute atomic E-state index is 0.0548. The number of rotatable bonds is 7. The number of benzene rings is 2. The molecule has 1 saturated heterocycles. The number of hydrogen-bond donors (Lipinski definition) is 0. The van der Waals surface area contributed by atoms with Crippen LogP contribution in [0.4, 0.5) is 10.5 Å².